The van der Waals surface area contributed by atoms with E-state index in [1.807, 2.05) is 0 Å². The van der Waals surface area contributed by atoms with Crippen LogP contribution in [-0.2, 0) is 0 Å². The number of non-ortho nitro benzene ring substituents is 1. The summed E-state index contributed by atoms with van der Waals surface area (Å²) in [5.74, 6) is -0.650. The average molecular weight is 387 g/mol. The number of halogens is 6. The Morgan fingerprint density at radius 3 is 2.13 bits per heavy atom. The highest BCUT2D eigenvalue weighted by Gasteiger charge is 2.33. The highest BCUT2D eigenvalue weighted by atomic mass is 35.5. The van der Waals surface area contributed by atoms with E-state index in [4.69, 9.17) is 34.8 Å². The summed E-state index contributed by atoms with van der Waals surface area (Å²) in [5.41, 5.74) is -0.652. The summed E-state index contributed by atoms with van der Waals surface area (Å²) >= 11 is 17.6. The molecular weight excluding hydrogens is 382 g/mol. The molecule has 2 aromatic carbocycles. The van der Waals surface area contributed by atoms with Crippen molar-refractivity contribution in [1.82, 2.24) is 0 Å². The van der Waals surface area contributed by atoms with E-state index in [0.29, 0.717) is 0 Å². The van der Waals surface area contributed by atoms with Crippen molar-refractivity contribution < 1.29 is 22.8 Å². The monoisotopic (exact) mass is 385 g/mol. The molecule has 0 unspecified atom stereocenters. The summed E-state index contributed by atoms with van der Waals surface area (Å²) in [4.78, 5) is 10.1. The van der Waals surface area contributed by atoms with Gasteiger partial charge in [-0.3, -0.25) is 10.1 Å². The fraction of sp³-hybridized carbons (Fsp3) is 0.0769. The van der Waals surface area contributed by atoms with Crippen LogP contribution in [0.1, 0.15) is 0 Å². The Morgan fingerprint density at radius 2 is 1.57 bits per heavy atom. The van der Waals surface area contributed by atoms with Crippen molar-refractivity contribution in [3.63, 3.8) is 0 Å². The molecule has 4 nitrogen and oxygen atoms in total. The lowest BCUT2D eigenvalue weighted by atomic mass is 10.0. The molecule has 0 aliphatic heterocycles. The van der Waals surface area contributed by atoms with Gasteiger partial charge >= 0.3 is 6.36 Å². The molecule has 10 heteroatoms. The lowest BCUT2D eigenvalue weighted by Gasteiger charge is -2.14. The summed E-state index contributed by atoms with van der Waals surface area (Å²) in [6.45, 7) is 0. The zero-order valence-electron chi connectivity index (χ0n) is 10.8. The molecule has 0 amide bonds. The molecule has 0 fully saturated rings. The molecule has 0 bridgehead atoms. The lowest BCUT2D eigenvalue weighted by molar-refractivity contribution is -0.384. The van der Waals surface area contributed by atoms with Crippen molar-refractivity contribution in [2.45, 2.75) is 6.36 Å². The molecule has 23 heavy (non-hydrogen) atoms. The quantitative estimate of drug-likeness (QED) is 0.363. The number of nitrogens with zero attached hydrogens (tertiary/aromatic N) is 1. The Bertz CT molecular complexity index is 781. The maximum atomic E-state index is 12.5. The maximum absolute atomic E-state index is 12.5. The van der Waals surface area contributed by atoms with Crippen molar-refractivity contribution in [3.05, 3.63) is 55.5 Å². The van der Waals surface area contributed by atoms with Crippen molar-refractivity contribution in [3.8, 4) is 16.9 Å². The van der Waals surface area contributed by atoms with Gasteiger partial charge in [-0.2, -0.15) is 0 Å². The number of nitro benzene ring substituents is 1. The van der Waals surface area contributed by atoms with E-state index < -0.39 is 22.7 Å². The number of hydrogen-bond donors (Lipinski definition) is 0. The largest absolute Gasteiger partial charge is 0.573 e. The molecule has 0 atom stereocenters. The van der Waals surface area contributed by atoms with Crippen LogP contribution in [-0.4, -0.2) is 11.3 Å². The van der Waals surface area contributed by atoms with Crippen LogP contribution in [0.25, 0.3) is 11.1 Å². The Kier molecular flexibility index (Phi) is 4.93. The fourth-order valence-electron chi connectivity index (χ4n) is 1.78. The second-order valence-electron chi connectivity index (χ2n) is 4.23. The first kappa shape index (κ1) is 17.7. The summed E-state index contributed by atoms with van der Waals surface area (Å²) in [5, 5.41) is 10.9. The molecule has 0 aliphatic carbocycles. The zero-order valence-corrected chi connectivity index (χ0v) is 13.1. The third-order valence-electron chi connectivity index (χ3n) is 2.70. The van der Waals surface area contributed by atoms with Crippen LogP contribution in [0, 0.1) is 10.1 Å². The van der Waals surface area contributed by atoms with Gasteiger partial charge in [0.25, 0.3) is 5.69 Å². The maximum Gasteiger partial charge on any atom is 0.573 e. The molecule has 0 spiro atoms. The number of nitro groups is 1. The number of hydrogen-bond acceptors (Lipinski definition) is 3. The predicted octanol–water partition coefficient (Wildman–Crippen LogP) is 6.12. The highest BCUT2D eigenvalue weighted by molar-refractivity contribution is 6.44. The van der Waals surface area contributed by atoms with Crippen LogP contribution < -0.4 is 4.74 Å². The first-order valence-corrected chi connectivity index (χ1v) is 6.91. The van der Waals surface area contributed by atoms with Crippen LogP contribution in [0.5, 0.6) is 5.75 Å². The SMILES string of the molecule is O=[N+]([O-])c1ccc(OC(F)(F)F)c(-c2cc(Cl)c(Cl)cc2Cl)c1. The summed E-state index contributed by atoms with van der Waals surface area (Å²) in [6.07, 6.45) is -4.98. The van der Waals surface area contributed by atoms with Gasteiger partial charge in [-0.25, -0.2) is 0 Å². The summed E-state index contributed by atoms with van der Waals surface area (Å²) in [6, 6.07) is 5.05. The van der Waals surface area contributed by atoms with Gasteiger partial charge < -0.3 is 4.74 Å². The van der Waals surface area contributed by atoms with Gasteiger partial charge in [0.15, 0.2) is 0 Å². The third kappa shape index (κ3) is 4.19. The van der Waals surface area contributed by atoms with E-state index in [2.05, 4.69) is 4.74 Å². The van der Waals surface area contributed by atoms with Crippen molar-refractivity contribution >= 4 is 40.5 Å². The summed E-state index contributed by atoms with van der Waals surface area (Å²) in [7, 11) is 0. The van der Waals surface area contributed by atoms with Gasteiger partial charge in [-0.1, -0.05) is 34.8 Å². The molecule has 0 heterocycles. The Hall–Kier alpha value is -1.70. The van der Waals surface area contributed by atoms with Crippen molar-refractivity contribution in [2.24, 2.45) is 0 Å². The Morgan fingerprint density at radius 1 is 0.957 bits per heavy atom. The van der Waals surface area contributed by atoms with Gasteiger partial charge in [-0.05, 0) is 18.2 Å². The fourth-order valence-corrected chi connectivity index (χ4v) is 2.43. The van der Waals surface area contributed by atoms with E-state index >= 15 is 0 Å². The average Bonchev–Trinajstić information content (AvgIpc) is 2.41. The standard InChI is InChI=1S/C13H5Cl3F3NO3/c14-9-5-11(16)10(15)4-7(9)8-3-6(20(21)22)1-2-12(8)23-13(17,18)19/h1-5H. The summed E-state index contributed by atoms with van der Waals surface area (Å²) < 4.78 is 41.4. The minimum absolute atomic E-state index is 0.0176. The van der Waals surface area contributed by atoms with E-state index in [1.165, 1.54) is 12.1 Å². The van der Waals surface area contributed by atoms with Gasteiger partial charge in [0.1, 0.15) is 5.75 Å². The smallest absolute Gasteiger partial charge is 0.405 e. The molecule has 122 valence electrons. The van der Waals surface area contributed by atoms with Crippen LogP contribution in [0.3, 0.4) is 0 Å². The molecule has 2 aromatic rings. The first-order valence-electron chi connectivity index (χ1n) is 5.77. The lowest BCUT2D eigenvalue weighted by Crippen LogP contribution is -2.17. The molecule has 0 N–H and O–H groups in total. The molecule has 0 saturated heterocycles. The van der Waals surface area contributed by atoms with Gasteiger partial charge in [0.05, 0.1) is 20.0 Å². The minimum Gasteiger partial charge on any atom is -0.405 e. The number of ether oxygens (including phenoxy) is 1. The van der Waals surface area contributed by atoms with E-state index in [1.54, 1.807) is 0 Å². The number of benzene rings is 2. The second kappa shape index (κ2) is 6.43. The van der Waals surface area contributed by atoms with Crippen molar-refractivity contribution in [1.29, 1.82) is 0 Å². The van der Waals surface area contributed by atoms with E-state index in [9.17, 15) is 23.3 Å². The van der Waals surface area contributed by atoms with Crippen LogP contribution in [0.4, 0.5) is 18.9 Å². The molecule has 0 radical (unpaired) electrons. The topological polar surface area (TPSA) is 52.4 Å². The van der Waals surface area contributed by atoms with E-state index in [-0.39, 0.29) is 26.2 Å². The molecular formula is C13H5Cl3F3NO3. The third-order valence-corrected chi connectivity index (χ3v) is 3.73. The van der Waals surface area contributed by atoms with Gasteiger partial charge in [0, 0.05) is 23.3 Å². The number of alkyl halides is 3. The Balaban J connectivity index is 2.69. The van der Waals surface area contributed by atoms with Gasteiger partial charge in [0.2, 0.25) is 0 Å². The van der Waals surface area contributed by atoms with Gasteiger partial charge in [-0.15, -0.1) is 13.2 Å². The van der Waals surface area contributed by atoms with Crippen LogP contribution in [0.15, 0.2) is 30.3 Å². The minimum atomic E-state index is -4.98. The number of rotatable bonds is 3. The molecule has 0 saturated carbocycles. The van der Waals surface area contributed by atoms with E-state index in [0.717, 1.165) is 18.2 Å². The second-order valence-corrected chi connectivity index (χ2v) is 5.45. The predicted molar refractivity (Wildman–Crippen MR) is 80.2 cm³/mol. The van der Waals surface area contributed by atoms with Crippen LogP contribution >= 0.6 is 34.8 Å². The Labute approximate surface area is 142 Å². The zero-order chi connectivity index (χ0) is 17.4. The van der Waals surface area contributed by atoms with Crippen LogP contribution in [0.2, 0.25) is 15.1 Å². The normalized spacial score (nSPS) is 11.4. The molecule has 0 aliphatic rings. The van der Waals surface area contributed by atoms with Crippen molar-refractivity contribution in [2.75, 3.05) is 0 Å². The highest BCUT2D eigenvalue weighted by Crippen LogP contribution is 2.42. The first-order chi connectivity index (χ1) is 10.6. The molecule has 0 aromatic heterocycles. The molecule has 2 rings (SSSR count).